The summed E-state index contributed by atoms with van der Waals surface area (Å²) in [6.07, 6.45) is 0. The van der Waals surface area contributed by atoms with Crippen molar-refractivity contribution in [1.29, 1.82) is 0 Å². The standard InChI is InChI=1S/C14H9N3O6/c18-15(19)12-8-6-11(7-9-12)13(10-4-2-1-3-5-10)14(16(20)21)17(22)23/h1-9H. The van der Waals surface area contributed by atoms with Crippen LogP contribution in [-0.4, -0.2) is 14.8 Å². The Morgan fingerprint density at radius 2 is 1.17 bits per heavy atom. The summed E-state index contributed by atoms with van der Waals surface area (Å²) in [5.74, 6) is -1.19. The molecule has 0 saturated heterocycles. The van der Waals surface area contributed by atoms with Crippen LogP contribution in [0.1, 0.15) is 11.1 Å². The van der Waals surface area contributed by atoms with Gasteiger partial charge in [0.2, 0.25) is 0 Å². The normalized spacial score (nSPS) is 9.91. The van der Waals surface area contributed by atoms with Gasteiger partial charge in [-0.1, -0.05) is 30.3 Å². The number of nitro benzene ring substituents is 1. The zero-order chi connectivity index (χ0) is 17.0. The van der Waals surface area contributed by atoms with Crippen LogP contribution in [0.2, 0.25) is 0 Å². The zero-order valence-electron chi connectivity index (χ0n) is 11.5. The van der Waals surface area contributed by atoms with Crippen LogP contribution >= 0.6 is 0 Å². The highest BCUT2D eigenvalue weighted by atomic mass is 16.7. The Morgan fingerprint density at radius 3 is 1.61 bits per heavy atom. The lowest BCUT2D eigenvalue weighted by atomic mass is 9.97. The van der Waals surface area contributed by atoms with E-state index in [4.69, 9.17) is 0 Å². The summed E-state index contributed by atoms with van der Waals surface area (Å²) in [5.41, 5.74) is -0.0182. The molecular weight excluding hydrogens is 306 g/mol. The van der Waals surface area contributed by atoms with Crippen molar-refractivity contribution in [2.45, 2.75) is 0 Å². The van der Waals surface area contributed by atoms with Crippen molar-refractivity contribution in [3.05, 3.63) is 102 Å². The number of non-ortho nitro benzene ring substituents is 1. The number of hydrogen-bond acceptors (Lipinski definition) is 6. The number of rotatable bonds is 5. The van der Waals surface area contributed by atoms with Gasteiger partial charge < -0.3 is 0 Å². The lowest BCUT2D eigenvalue weighted by Crippen LogP contribution is -2.13. The molecule has 0 bridgehead atoms. The van der Waals surface area contributed by atoms with Crippen molar-refractivity contribution in [1.82, 2.24) is 0 Å². The Hall–Kier alpha value is -3.62. The molecule has 0 aliphatic rings. The van der Waals surface area contributed by atoms with E-state index in [0.29, 0.717) is 0 Å². The fourth-order valence-electron chi connectivity index (χ4n) is 2.03. The van der Waals surface area contributed by atoms with Crippen LogP contribution in [0.25, 0.3) is 5.57 Å². The second-order valence-electron chi connectivity index (χ2n) is 4.38. The fraction of sp³-hybridized carbons (Fsp3) is 0. The third kappa shape index (κ3) is 3.35. The SMILES string of the molecule is O=[N+]([O-])C(=C(c1ccccc1)c1ccc([N+](=O)[O-])cc1)[N+](=O)[O-]. The van der Waals surface area contributed by atoms with Crippen LogP contribution in [0.4, 0.5) is 5.69 Å². The first-order chi connectivity index (χ1) is 10.9. The largest absolute Gasteiger partial charge is 0.567 e. The number of nitrogens with zero attached hydrogens (tertiary/aromatic N) is 3. The van der Waals surface area contributed by atoms with E-state index in [2.05, 4.69) is 0 Å². The third-order valence-electron chi connectivity index (χ3n) is 3.00. The molecule has 2 aromatic carbocycles. The van der Waals surface area contributed by atoms with Crippen LogP contribution in [0.15, 0.2) is 60.4 Å². The Labute approximate surface area is 128 Å². The van der Waals surface area contributed by atoms with Crippen LogP contribution in [0.3, 0.4) is 0 Å². The van der Waals surface area contributed by atoms with Gasteiger partial charge in [-0.15, -0.1) is 0 Å². The van der Waals surface area contributed by atoms with Gasteiger partial charge in [-0.3, -0.25) is 30.3 Å². The van der Waals surface area contributed by atoms with Gasteiger partial charge in [0.25, 0.3) is 5.69 Å². The Kier molecular flexibility index (Phi) is 4.41. The maximum absolute atomic E-state index is 11.1. The van der Waals surface area contributed by atoms with Crippen molar-refractivity contribution in [3.63, 3.8) is 0 Å². The van der Waals surface area contributed by atoms with E-state index >= 15 is 0 Å². The van der Waals surface area contributed by atoms with Crippen LogP contribution in [0, 0.1) is 30.3 Å². The van der Waals surface area contributed by atoms with Gasteiger partial charge >= 0.3 is 5.82 Å². The quantitative estimate of drug-likeness (QED) is 0.616. The second kappa shape index (κ2) is 6.43. The first-order valence-corrected chi connectivity index (χ1v) is 6.25. The van der Waals surface area contributed by atoms with Gasteiger partial charge in [0.1, 0.15) is 15.4 Å². The highest BCUT2D eigenvalue weighted by molar-refractivity contribution is 5.80. The number of nitro groups is 3. The molecule has 9 heteroatoms. The average Bonchev–Trinajstić information content (AvgIpc) is 2.52. The topological polar surface area (TPSA) is 129 Å². The molecule has 116 valence electrons. The molecule has 0 aliphatic carbocycles. The van der Waals surface area contributed by atoms with E-state index in [1.165, 1.54) is 24.3 Å². The maximum atomic E-state index is 11.1. The Morgan fingerprint density at radius 1 is 0.696 bits per heavy atom. The van der Waals surface area contributed by atoms with Crippen LogP contribution in [-0.2, 0) is 0 Å². The van der Waals surface area contributed by atoms with E-state index < -0.39 is 20.6 Å². The van der Waals surface area contributed by atoms with Crippen molar-refractivity contribution >= 4 is 11.3 Å². The Bertz CT molecular complexity index is 783. The molecule has 0 saturated carbocycles. The maximum Gasteiger partial charge on any atom is 0.567 e. The molecule has 0 fully saturated rings. The molecule has 0 heterocycles. The number of benzene rings is 2. The van der Waals surface area contributed by atoms with Crippen molar-refractivity contribution in [2.75, 3.05) is 0 Å². The molecule has 0 N–H and O–H groups in total. The average molecular weight is 315 g/mol. The first-order valence-electron chi connectivity index (χ1n) is 6.25. The van der Waals surface area contributed by atoms with Crippen LogP contribution in [0.5, 0.6) is 0 Å². The molecule has 0 atom stereocenters. The molecule has 9 nitrogen and oxygen atoms in total. The molecule has 0 aromatic heterocycles. The van der Waals surface area contributed by atoms with Crippen molar-refractivity contribution in [2.24, 2.45) is 0 Å². The predicted octanol–water partition coefficient (Wildman–Crippen LogP) is 2.87. The summed E-state index contributed by atoms with van der Waals surface area (Å²) in [5, 5.41) is 32.9. The van der Waals surface area contributed by atoms with E-state index in [-0.39, 0.29) is 22.4 Å². The molecule has 2 rings (SSSR count). The molecule has 2 aromatic rings. The second-order valence-corrected chi connectivity index (χ2v) is 4.38. The van der Waals surface area contributed by atoms with Crippen LogP contribution < -0.4 is 0 Å². The molecule has 23 heavy (non-hydrogen) atoms. The minimum Gasteiger partial charge on any atom is -0.258 e. The first kappa shape index (κ1) is 15.8. The van der Waals surface area contributed by atoms with Gasteiger partial charge in [0, 0.05) is 12.1 Å². The highest BCUT2D eigenvalue weighted by Crippen LogP contribution is 2.29. The van der Waals surface area contributed by atoms with Crippen molar-refractivity contribution < 1.29 is 14.8 Å². The fourth-order valence-corrected chi connectivity index (χ4v) is 2.03. The van der Waals surface area contributed by atoms with Gasteiger partial charge in [-0.2, -0.15) is 0 Å². The van der Waals surface area contributed by atoms with Gasteiger partial charge in [0.05, 0.1) is 4.92 Å². The number of hydrogen-bond donors (Lipinski definition) is 0. The highest BCUT2D eigenvalue weighted by Gasteiger charge is 2.34. The third-order valence-corrected chi connectivity index (χ3v) is 3.00. The minimum atomic E-state index is -1.19. The summed E-state index contributed by atoms with van der Waals surface area (Å²) in [6.45, 7) is 0. The van der Waals surface area contributed by atoms with Crippen molar-refractivity contribution in [3.8, 4) is 0 Å². The van der Waals surface area contributed by atoms with Gasteiger partial charge in [-0.05, 0) is 23.3 Å². The Balaban J connectivity index is 2.72. The van der Waals surface area contributed by atoms with E-state index in [1.807, 2.05) is 0 Å². The lowest BCUT2D eigenvalue weighted by Gasteiger charge is -2.05. The molecule has 0 unspecified atom stereocenters. The summed E-state index contributed by atoms with van der Waals surface area (Å²) < 4.78 is 0. The summed E-state index contributed by atoms with van der Waals surface area (Å²) in [4.78, 5) is 30.1. The summed E-state index contributed by atoms with van der Waals surface area (Å²) in [7, 11) is 0. The van der Waals surface area contributed by atoms with Gasteiger partial charge in [0.15, 0.2) is 0 Å². The molecule has 0 spiro atoms. The van der Waals surface area contributed by atoms with E-state index in [1.54, 1.807) is 18.2 Å². The molecule has 0 aliphatic heterocycles. The lowest BCUT2D eigenvalue weighted by molar-refractivity contribution is -0.614. The predicted molar refractivity (Wildman–Crippen MR) is 79.5 cm³/mol. The van der Waals surface area contributed by atoms with E-state index in [9.17, 15) is 30.3 Å². The molecular formula is C14H9N3O6. The molecule has 0 radical (unpaired) electrons. The van der Waals surface area contributed by atoms with E-state index in [0.717, 1.165) is 12.1 Å². The monoisotopic (exact) mass is 315 g/mol. The van der Waals surface area contributed by atoms with Gasteiger partial charge in [-0.25, -0.2) is 0 Å². The summed E-state index contributed by atoms with van der Waals surface area (Å²) >= 11 is 0. The smallest absolute Gasteiger partial charge is 0.258 e. The minimum absolute atomic E-state index is 0.144. The molecule has 0 amide bonds. The zero-order valence-corrected chi connectivity index (χ0v) is 11.5. The summed E-state index contributed by atoms with van der Waals surface area (Å²) in [6, 6.07) is 12.6.